The lowest BCUT2D eigenvalue weighted by Crippen LogP contribution is -2.55. The number of hydrogen-bond donors (Lipinski definition) is 1. The van der Waals surface area contributed by atoms with Gasteiger partial charge < -0.3 is 15.0 Å². The van der Waals surface area contributed by atoms with E-state index in [4.69, 9.17) is 9.73 Å². The van der Waals surface area contributed by atoms with Gasteiger partial charge in [-0.15, -0.1) is 0 Å². The quantitative estimate of drug-likeness (QED) is 0.768. The number of aromatic nitrogens is 1. The number of nitrogens with one attached hydrogen (secondary N) is 1. The highest BCUT2D eigenvalue weighted by molar-refractivity contribution is 7.16. The number of nitrogens with zero attached hydrogens (tertiary/aromatic N) is 4. The number of amidine groups is 1. The molecule has 0 bridgehead atoms. The van der Waals surface area contributed by atoms with Crippen LogP contribution in [-0.4, -0.2) is 66.6 Å². The maximum absolute atomic E-state index is 13.4. The van der Waals surface area contributed by atoms with E-state index in [9.17, 15) is 13.2 Å². The largest absolute Gasteiger partial charge is 0.443 e. The van der Waals surface area contributed by atoms with Crippen molar-refractivity contribution >= 4 is 33.5 Å². The van der Waals surface area contributed by atoms with Crippen molar-refractivity contribution in [2.75, 3.05) is 45.2 Å². The molecule has 1 unspecified atom stereocenters. The van der Waals surface area contributed by atoms with E-state index in [1.54, 1.807) is 7.11 Å². The number of likely N-dealkylation sites (N-methyl/N-ethyl adjacent to an activating group) is 1. The smallest absolute Gasteiger partial charge is 0.385 e. The second kappa shape index (κ2) is 8.52. The maximum atomic E-state index is 13.4. The number of hydrogen-bond acceptors (Lipinski definition) is 7. The lowest BCUT2D eigenvalue weighted by Gasteiger charge is -2.42. The SMILES string of the molecule is CCN1CCN(C2=Nc3ccccc3Nc3sc(C(F)(F)F)nc32)CC1CCOC. The van der Waals surface area contributed by atoms with Gasteiger partial charge >= 0.3 is 6.18 Å². The Morgan fingerprint density at radius 2 is 2.07 bits per heavy atom. The molecular formula is C20H24F3N5OS. The molecule has 0 aliphatic carbocycles. The fourth-order valence-corrected chi connectivity index (χ4v) is 4.73. The average Bonchev–Trinajstić information content (AvgIpc) is 3.09. The molecule has 1 saturated heterocycles. The minimum atomic E-state index is -4.49. The van der Waals surface area contributed by atoms with E-state index in [0.29, 0.717) is 53.2 Å². The van der Waals surface area contributed by atoms with Crippen molar-refractivity contribution in [1.29, 1.82) is 0 Å². The number of methoxy groups -OCH3 is 1. The maximum Gasteiger partial charge on any atom is 0.443 e. The van der Waals surface area contributed by atoms with E-state index >= 15 is 0 Å². The van der Waals surface area contributed by atoms with Crippen LogP contribution in [0.2, 0.25) is 0 Å². The van der Waals surface area contributed by atoms with Crippen molar-refractivity contribution in [3.63, 3.8) is 0 Å². The summed E-state index contributed by atoms with van der Waals surface area (Å²) in [4.78, 5) is 13.2. The molecule has 1 atom stereocenters. The predicted molar refractivity (Wildman–Crippen MR) is 112 cm³/mol. The highest BCUT2D eigenvalue weighted by atomic mass is 32.1. The Morgan fingerprint density at radius 3 is 2.80 bits per heavy atom. The standard InChI is InChI=1S/C20H24F3N5OS/c1-3-27-9-10-28(12-13(27)8-11-29-2)17-16-18(30-19(26-16)20(21,22)23)25-15-7-5-4-6-14(15)24-17/h4-7,13,25H,3,8-12H2,1-2H3. The predicted octanol–water partition coefficient (Wildman–Crippen LogP) is 4.34. The van der Waals surface area contributed by atoms with Gasteiger partial charge in [0.2, 0.25) is 5.01 Å². The van der Waals surface area contributed by atoms with Crippen molar-refractivity contribution in [2.24, 2.45) is 4.99 Å². The van der Waals surface area contributed by atoms with Crippen LogP contribution in [0.4, 0.5) is 29.5 Å². The Bertz CT molecular complexity index is 929. The van der Waals surface area contributed by atoms with Crippen LogP contribution in [0.25, 0.3) is 0 Å². The molecule has 2 aromatic rings. The fourth-order valence-electron chi connectivity index (χ4n) is 3.89. The number of para-hydroxylation sites is 2. The second-order valence-corrected chi connectivity index (χ2v) is 8.28. The molecule has 0 saturated carbocycles. The number of halogens is 3. The number of ether oxygens (including phenoxy) is 1. The van der Waals surface area contributed by atoms with Gasteiger partial charge in [0.1, 0.15) is 10.7 Å². The summed E-state index contributed by atoms with van der Waals surface area (Å²) in [6, 6.07) is 7.61. The van der Waals surface area contributed by atoms with E-state index in [-0.39, 0.29) is 11.7 Å². The van der Waals surface area contributed by atoms with E-state index in [0.717, 1.165) is 19.5 Å². The van der Waals surface area contributed by atoms with Crippen molar-refractivity contribution in [2.45, 2.75) is 25.6 Å². The zero-order chi connectivity index (χ0) is 21.3. The van der Waals surface area contributed by atoms with E-state index in [2.05, 4.69) is 27.0 Å². The van der Waals surface area contributed by atoms with Gasteiger partial charge in [0.25, 0.3) is 0 Å². The molecule has 2 aliphatic heterocycles. The molecule has 0 amide bonds. The van der Waals surface area contributed by atoms with Crippen LogP contribution in [0.1, 0.15) is 24.0 Å². The van der Waals surface area contributed by atoms with Gasteiger partial charge in [0.05, 0.1) is 11.4 Å². The number of benzene rings is 1. The zero-order valence-electron chi connectivity index (χ0n) is 16.9. The molecule has 10 heteroatoms. The third-order valence-corrected chi connectivity index (χ3v) is 6.44. The number of fused-ring (bicyclic) bond motifs is 2. The molecule has 3 heterocycles. The van der Waals surface area contributed by atoms with E-state index in [1.807, 2.05) is 24.3 Å². The van der Waals surface area contributed by atoms with Crippen molar-refractivity contribution in [1.82, 2.24) is 14.8 Å². The van der Waals surface area contributed by atoms with Crippen molar-refractivity contribution < 1.29 is 17.9 Å². The first kappa shape index (κ1) is 21.1. The summed E-state index contributed by atoms with van der Waals surface area (Å²) in [5.74, 6) is 0.493. The van der Waals surface area contributed by atoms with Gasteiger partial charge in [-0.3, -0.25) is 4.90 Å². The third kappa shape index (κ3) is 4.17. The highest BCUT2D eigenvalue weighted by Gasteiger charge is 2.39. The molecule has 2 aliphatic rings. The molecule has 1 N–H and O–H groups in total. The summed E-state index contributed by atoms with van der Waals surface area (Å²) in [5.41, 5.74) is 1.63. The lowest BCUT2D eigenvalue weighted by atomic mass is 10.1. The van der Waals surface area contributed by atoms with Crippen LogP contribution >= 0.6 is 11.3 Å². The van der Waals surface area contributed by atoms with Crippen LogP contribution in [0, 0.1) is 0 Å². The Balaban J connectivity index is 1.73. The normalized spacial score (nSPS) is 19.6. The number of aliphatic imine (C=N–C) groups is 1. The monoisotopic (exact) mass is 439 g/mol. The van der Waals surface area contributed by atoms with Gasteiger partial charge in [0, 0.05) is 39.4 Å². The summed E-state index contributed by atoms with van der Waals surface area (Å²) >= 11 is 0.622. The molecule has 30 heavy (non-hydrogen) atoms. The van der Waals surface area contributed by atoms with Gasteiger partial charge in [0.15, 0.2) is 5.84 Å². The average molecular weight is 440 g/mol. The third-order valence-electron chi connectivity index (χ3n) is 5.43. The topological polar surface area (TPSA) is 53.0 Å². The van der Waals surface area contributed by atoms with Crippen LogP contribution in [0.5, 0.6) is 0 Å². The highest BCUT2D eigenvalue weighted by Crippen LogP contribution is 2.42. The molecule has 0 radical (unpaired) electrons. The Kier molecular flexibility index (Phi) is 5.99. The summed E-state index contributed by atoms with van der Waals surface area (Å²) in [6.07, 6.45) is -3.65. The first-order valence-corrected chi connectivity index (χ1v) is 10.7. The van der Waals surface area contributed by atoms with Gasteiger partial charge in [-0.2, -0.15) is 13.2 Å². The first-order chi connectivity index (χ1) is 14.4. The number of rotatable bonds is 4. The zero-order valence-corrected chi connectivity index (χ0v) is 17.7. The number of thiazole rings is 1. The summed E-state index contributed by atoms with van der Waals surface area (Å²) < 4.78 is 45.4. The number of anilines is 2. The lowest BCUT2D eigenvalue weighted by molar-refractivity contribution is -0.137. The minimum Gasteiger partial charge on any atom is -0.385 e. The van der Waals surface area contributed by atoms with E-state index < -0.39 is 11.2 Å². The molecule has 1 fully saturated rings. The molecule has 4 rings (SSSR count). The van der Waals surface area contributed by atoms with E-state index in [1.165, 1.54) is 0 Å². The molecule has 1 aromatic carbocycles. The van der Waals surface area contributed by atoms with Crippen LogP contribution in [-0.2, 0) is 10.9 Å². The summed E-state index contributed by atoms with van der Waals surface area (Å²) in [7, 11) is 1.68. The van der Waals surface area contributed by atoms with Crippen LogP contribution in [0.3, 0.4) is 0 Å². The summed E-state index contributed by atoms with van der Waals surface area (Å²) in [6.45, 7) is 5.82. The van der Waals surface area contributed by atoms with Crippen molar-refractivity contribution in [3.8, 4) is 0 Å². The van der Waals surface area contributed by atoms with Gasteiger partial charge in [-0.1, -0.05) is 30.4 Å². The molecule has 1 aromatic heterocycles. The fraction of sp³-hybridized carbons (Fsp3) is 0.500. The van der Waals surface area contributed by atoms with Gasteiger partial charge in [-0.25, -0.2) is 9.98 Å². The number of piperazine rings is 1. The second-order valence-electron chi connectivity index (χ2n) is 7.28. The molecule has 162 valence electrons. The summed E-state index contributed by atoms with van der Waals surface area (Å²) in [5, 5.41) is 2.62. The first-order valence-electron chi connectivity index (χ1n) is 9.91. The molecular weight excluding hydrogens is 415 g/mol. The Morgan fingerprint density at radius 1 is 1.27 bits per heavy atom. The minimum absolute atomic E-state index is 0.238. The van der Waals surface area contributed by atoms with Crippen molar-refractivity contribution in [3.05, 3.63) is 35.0 Å². The Labute approximate surface area is 177 Å². The molecule has 6 nitrogen and oxygen atoms in total. The number of alkyl halides is 3. The van der Waals surface area contributed by atoms with Crippen LogP contribution in [0.15, 0.2) is 29.3 Å². The van der Waals surface area contributed by atoms with Gasteiger partial charge in [-0.05, 0) is 25.1 Å². The van der Waals surface area contributed by atoms with Crippen LogP contribution < -0.4 is 5.32 Å². The Hall–Kier alpha value is -2.17. The molecule has 0 spiro atoms.